The Morgan fingerprint density at radius 1 is 1.67 bits per heavy atom. The Balaban J connectivity index is 2.77. The highest BCUT2D eigenvalue weighted by Crippen LogP contribution is 2.27. The summed E-state index contributed by atoms with van der Waals surface area (Å²) in [6.07, 6.45) is 1.71. The maximum atomic E-state index is 5.36. The first-order valence-electron chi connectivity index (χ1n) is 4.10. The van der Waals surface area contributed by atoms with Gasteiger partial charge in [-0.1, -0.05) is 6.92 Å². The first-order chi connectivity index (χ1) is 5.66. The molecule has 0 aliphatic rings. The average Bonchev–Trinajstić information content (AvgIpc) is 2.48. The molecule has 0 amide bonds. The van der Waals surface area contributed by atoms with Crippen LogP contribution in [0.1, 0.15) is 25.6 Å². The molecule has 0 aromatic carbocycles. The van der Waals surface area contributed by atoms with Gasteiger partial charge in [-0.15, -0.1) is 0 Å². The standard InChI is InChI=1S/C9H14BrNO/c1-4-11(3)7(2)9-8(10)5-6-12-9/h5-7H,4H2,1-3H3. The van der Waals surface area contributed by atoms with Crippen molar-refractivity contribution in [1.29, 1.82) is 0 Å². The highest BCUT2D eigenvalue weighted by atomic mass is 79.9. The monoisotopic (exact) mass is 231 g/mol. The molecule has 12 heavy (non-hydrogen) atoms. The summed E-state index contributed by atoms with van der Waals surface area (Å²) >= 11 is 3.44. The van der Waals surface area contributed by atoms with E-state index in [4.69, 9.17) is 4.42 Å². The number of rotatable bonds is 3. The van der Waals surface area contributed by atoms with Crippen LogP contribution in [0.5, 0.6) is 0 Å². The van der Waals surface area contributed by atoms with Gasteiger partial charge >= 0.3 is 0 Å². The van der Waals surface area contributed by atoms with E-state index in [0.717, 1.165) is 16.8 Å². The second kappa shape index (κ2) is 4.10. The third-order valence-electron chi connectivity index (χ3n) is 2.18. The van der Waals surface area contributed by atoms with Crippen molar-refractivity contribution in [3.05, 3.63) is 22.6 Å². The smallest absolute Gasteiger partial charge is 0.134 e. The number of hydrogen-bond donors (Lipinski definition) is 0. The number of hydrogen-bond acceptors (Lipinski definition) is 2. The minimum absolute atomic E-state index is 0.333. The first kappa shape index (κ1) is 9.81. The van der Waals surface area contributed by atoms with Crippen LogP contribution in [0.3, 0.4) is 0 Å². The lowest BCUT2D eigenvalue weighted by atomic mass is 10.2. The van der Waals surface area contributed by atoms with Crippen molar-refractivity contribution in [3.63, 3.8) is 0 Å². The first-order valence-corrected chi connectivity index (χ1v) is 4.89. The second-order valence-corrected chi connectivity index (χ2v) is 3.74. The van der Waals surface area contributed by atoms with Gasteiger partial charge in [-0.05, 0) is 42.5 Å². The second-order valence-electron chi connectivity index (χ2n) is 2.88. The molecule has 0 bridgehead atoms. The van der Waals surface area contributed by atoms with Crippen LogP contribution in [-0.4, -0.2) is 18.5 Å². The van der Waals surface area contributed by atoms with Crippen molar-refractivity contribution in [2.45, 2.75) is 19.9 Å². The van der Waals surface area contributed by atoms with Crippen molar-refractivity contribution in [2.75, 3.05) is 13.6 Å². The summed E-state index contributed by atoms with van der Waals surface area (Å²) in [4.78, 5) is 2.23. The van der Waals surface area contributed by atoms with E-state index in [1.165, 1.54) is 0 Å². The van der Waals surface area contributed by atoms with Gasteiger partial charge in [0.05, 0.1) is 16.8 Å². The van der Waals surface area contributed by atoms with Crippen molar-refractivity contribution in [2.24, 2.45) is 0 Å². The summed E-state index contributed by atoms with van der Waals surface area (Å²) in [5.74, 6) is 0.999. The average molecular weight is 232 g/mol. The van der Waals surface area contributed by atoms with E-state index in [1.807, 2.05) is 6.07 Å². The van der Waals surface area contributed by atoms with Gasteiger partial charge in [0.1, 0.15) is 5.76 Å². The van der Waals surface area contributed by atoms with Gasteiger partial charge in [0.25, 0.3) is 0 Å². The van der Waals surface area contributed by atoms with E-state index in [2.05, 4.69) is 41.7 Å². The third kappa shape index (κ3) is 1.90. The van der Waals surface area contributed by atoms with E-state index in [0.29, 0.717) is 6.04 Å². The van der Waals surface area contributed by atoms with Crippen LogP contribution in [0.2, 0.25) is 0 Å². The van der Waals surface area contributed by atoms with Gasteiger partial charge in [-0.2, -0.15) is 0 Å². The Bertz CT molecular complexity index is 246. The number of furan rings is 1. The molecule has 1 heterocycles. The van der Waals surface area contributed by atoms with Crippen molar-refractivity contribution < 1.29 is 4.42 Å². The molecule has 1 aromatic heterocycles. The van der Waals surface area contributed by atoms with Crippen LogP contribution in [0.4, 0.5) is 0 Å². The fourth-order valence-corrected chi connectivity index (χ4v) is 1.61. The molecule has 0 N–H and O–H groups in total. The largest absolute Gasteiger partial charge is 0.466 e. The van der Waals surface area contributed by atoms with E-state index in [-0.39, 0.29) is 0 Å². The van der Waals surface area contributed by atoms with Crippen molar-refractivity contribution in [1.82, 2.24) is 4.90 Å². The molecule has 1 unspecified atom stereocenters. The lowest BCUT2D eigenvalue weighted by Gasteiger charge is -2.21. The molecule has 0 aliphatic carbocycles. The van der Waals surface area contributed by atoms with Crippen LogP contribution in [0, 0.1) is 0 Å². The molecule has 0 radical (unpaired) electrons. The number of nitrogens with zero attached hydrogens (tertiary/aromatic N) is 1. The van der Waals surface area contributed by atoms with E-state index < -0.39 is 0 Å². The SMILES string of the molecule is CCN(C)C(C)c1occc1Br. The van der Waals surface area contributed by atoms with Gasteiger partial charge in [0.2, 0.25) is 0 Å². The molecule has 0 saturated heterocycles. The molecule has 0 fully saturated rings. The summed E-state index contributed by atoms with van der Waals surface area (Å²) in [6, 6.07) is 2.26. The minimum Gasteiger partial charge on any atom is -0.466 e. The maximum absolute atomic E-state index is 5.36. The number of halogens is 1. The van der Waals surface area contributed by atoms with Crippen molar-refractivity contribution in [3.8, 4) is 0 Å². The van der Waals surface area contributed by atoms with E-state index in [9.17, 15) is 0 Å². The van der Waals surface area contributed by atoms with E-state index in [1.54, 1.807) is 6.26 Å². The molecule has 1 aromatic rings. The maximum Gasteiger partial charge on any atom is 0.134 e. The molecule has 0 aliphatic heterocycles. The summed E-state index contributed by atoms with van der Waals surface area (Å²) in [6.45, 7) is 5.29. The van der Waals surface area contributed by atoms with Gasteiger partial charge in [0, 0.05) is 0 Å². The minimum atomic E-state index is 0.333. The highest BCUT2D eigenvalue weighted by Gasteiger charge is 2.15. The molecule has 3 heteroatoms. The summed E-state index contributed by atoms with van der Waals surface area (Å²) in [5, 5.41) is 0. The van der Waals surface area contributed by atoms with Gasteiger partial charge in [-0.3, -0.25) is 4.90 Å². The lowest BCUT2D eigenvalue weighted by Crippen LogP contribution is -2.21. The summed E-state index contributed by atoms with van der Waals surface area (Å²) in [7, 11) is 2.08. The van der Waals surface area contributed by atoms with Crippen LogP contribution in [-0.2, 0) is 0 Å². The van der Waals surface area contributed by atoms with Gasteiger partial charge in [0.15, 0.2) is 0 Å². The molecular weight excluding hydrogens is 218 g/mol. The molecule has 1 atom stereocenters. The Kier molecular flexibility index (Phi) is 3.35. The van der Waals surface area contributed by atoms with Crippen LogP contribution >= 0.6 is 15.9 Å². The summed E-state index contributed by atoms with van der Waals surface area (Å²) < 4.78 is 6.41. The fraction of sp³-hybridized carbons (Fsp3) is 0.556. The lowest BCUT2D eigenvalue weighted by molar-refractivity contribution is 0.241. The molecule has 1 rings (SSSR count). The summed E-state index contributed by atoms with van der Waals surface area (Å²) in [5.41, 5.74) is 0. The van der Waals surface area contributed by atoms with Gasteiger partial charge in [-0.25, -0.2) is 0 Å². The normalized spacial score (nSPS) is 13.8. The zero-order valence-electron chi connectivity index (χ0n) is 7.67. The predicted octanol–water partition coefficient (Wildman–Crippen LogP) is 3.05. The van der Waals surface area contributed by atoms with Crippen LogP contribution in [0.25, 0.3) is 0 Å². The molecule has 0 saturated carbocycles. The Labute approximate surface area is 81.7 Å². The van der Waals surface area contributed by atoms with Crippen LogP contribution < -0.4 is 0 Å². The quantitative estimate of drug-likeness (QED) is 0.796. The Hall–Kier alpha value is -0.280. The van der Waals surface area contributed by atoms with E-state index >= 15 is 0 Å². The Morgan fingerprint density at radius 2 is 2.33 bits per heavy atom. The molecule has 68 valence electrons. The van der Waals surface area contributed by atoms with Gasteiger partial charge < -0.3 is 4.42 Å². The fourth-order valence-electron chi connectivity index (χ4n) is 1.08. The third-order valence-corrected chi connectivity index (χ3v) is 2.84. The van der Waals surface area contributed by atoms with Crippen LogP contribution in [0.15, 0.2) is 21.2 Å². The molecular formula is C9H14BrNO. The topological polar surface area (TPSA) is 16.4 Å². The molecule has 2 nitrogen and oxygen atoms in total. The highest BCUT2D eigenvalue weighted by molar-refractivity contribution is 9.10. The van der Waals surface area contributed by atoms with Crippen molar-refractivity contribution >= 4 is 15.9 Å². The zero-order chi connectivity index (χ0) is 9.14. The molecule has 0 spiro atoms. The zero-order valence-corrected chi connectivity index (χ0v) is 9.26. The Morgan fingerprint density at radius 3 is 2.75 bits per heavy atom. The predicted molar refractivity (Wildman–Crippen MR) is 53.1 cm³/mol.